The lowest BCUT2D eigenvalue weighted by Crippen LogP contribution is -2.47. The van der Waals surface area contributed by atoms with Crippen molar-refractivity contribution >= 4 is 21.6 Å². The number of nitrogens with zero attached hydrogens (tertiary/aromatic N) is 1. The third kappa shape index (κ3) is 8.44. The molecule has 2 rings (SSSR count). The predicted molar refractivity (Wildman–Crippen MR) is 129 cm³/mol. The van der Waals surface area contributed by atoms with E-state index in [1.54, 1.807) is 24.0 Å². The van der Waals surface area contributed by atoms with Gasteiger partial charge >= 0.3 is 0 Å². The molecule has 0 unspecified atom stereocenters. The van der Waals surface area contributed by atoms with Gasteiger partial charge in [0.2, 0.25) is 10.0 Å². The van der Waals surface area contributed by atoms with Crippen molar-refractivity contribution in [3.8, 4) is 5.75 Å². The SMILES string of the molecule is CNC[C@@H]1OCCCC[C@@H](C)Oc2ccc(NS(C)(=O)=O)cc2C(=O)N([C@H](C)CO)C[C@H]1C. The first-order chi connectivity index (χ1) is 15.6. The Hall–Kier alpha value is -1.88. The van der Waals surface area contributed by atoms with E-state index < -0.39 is 16.1 Å². The van der Waals surface area contributed by atoms with Crippen LogP contribution in [0.1, 0.15) is 50.4 Å². The Bertz CT molecular complexity index is 879. The Balaban J connectivity index is 2.51. The van der Waals surface area contributed by atoms with E-state index >= 15 is 0 Å². The number of carbonyl (C=O) groups is 1. The van der Waals surface area contributed by atoms with Gasteiger partial charge < -0.3 is 24.8 Å². The molecular formula is C23H39N3O6S. The number of hydrogen-bond donors (Lipinski definition) is 3. The normalized spacial score (nSPS) is 24.4. The number of benzene rings is 1. The molecule has 0 saturated carbocycles. The predicted octanol–water partition coefficient (Wildman–Crippen LogP) is 2.07. The average Bonchev–Trinajstić information content (AvgIpc) is 2.74. The molecule has 0 fully saturated rings. The fourth-order valence-electron chi connectivity index (χ4n) is 3.89. The molecule has 33 heavy (non-hydrogen) atoms. The zero-order chi connectivity index (χ0) is 24.6. The molecule has 3 N–H and O–H groups in total. The number of aliphatic hydroxyl groups excluding tert-OH is 1. The van der Waals surface area contributed by atoms with Crippen LogP contribution < -0.4 is 14.8 Å². The molecule has 0 spiro atoms. The molecule has 1 aromatic rings. The van der Waals surface area contributed by atoms with E-state index in [1.165, 1.54) is 6.07 Å². The van der Waals surface area contributed by atoms with Crippen LogP contribution in [0.4, 0.5) is 5.69 Å². The van der Waals surface area contributed by atoms with Gasteiger partial charge in [0.25, 0.3) is 5.91 Å². The van der Waals surface area contributed by atoms with Crippen molar-refractivity contribution < 1.29 is 27.8 Å². The van der Waals surface area contributed by atoms with Crippen molar-refractivity contribution in [2.45, 2.75) is 58.3 Å². The third-order valence-corrected chi connectivity index (χ3v) is 6.37. The van der Waals surface area contributed by atoms with Crippen LogP contribution in [0, 0.1) is 5.92 Å². The molecule has 4 atom stereocenters. The molecule has 0 saturated heterocycles. The van der Waals surface area contributed by atoms with Crippen LogP contribution >= 0.6 is 0 Å². The van der Waals surface area contributed by atoms with E-state index in [1.807, 2.05) is 20.9 Å². The second-order valence-corrected chi connectivity index (χ2v) is 10.7. The summed E-state index contributed by atoms with van der Waals surface area (Å²) in [7, 11) is -1.65. The average molecular weight is 486 g/mol. The smallest absolute Gasteiger partial charge is 0.258 e. The lowest BCUT2D eigenvalue weighted by atomic mass is 10.0. The highest BCUT2D eigenvalue weighted by molar-refractivity contribution is 7.92. The number of anilines is 1. The minimum atomic E-state index is -3.52. The summed E-state index contributed by atoms with van der Waals surface area (Å²) in [6, 6.07) is 4.27. The maximum Gasteiger partial charge on any atom is 0.258 e. The van der Waals surface area contributed by atoms with E-state index in [4.69, 9.17) is 9.47 Å². The lowest BCUT2D eigenvalue weighted by molar-refractivity contribution is -0.000450. The van der Waals surface area contributed by atoms with Crippen LogP contribution in [-0.4, -0.2) is 82.2 Å². The van der Waals surface area contributed by atoms with Gasteiger partial charge in [-0.15, -0.1) is 0 Å². The number of nitrogens with one attached hydrogen (secondary N) is 2. The summed E-state index contributed by atoms with van der Waals surface area (Å²) >= 11 is 0. The third-order valence-electron chi connectivity index (χ3n) is 5.76. The fraction of sp³-hybridized carbons (Fsp3) is 0.696. The number of ether oxygens (including phenoxy) is 2. The van der Waals surface area contributed by atoms with Crippen LogP contribution in [0.15, 0.2) is 18.2 Å². The molecule has 10 heteroatoms. The molecule has 1 amide bonds. The number of sulfonamides is 1. The summed E-state index contributed by atoms with van der Waals surface area (Å²) in [6.45, 7) is 7.20. The lowest BCUT2D eigenvalue weighted by Gasteiger charge is -2.34. The highest BCUT2D eigenvalue weighted by atomic mass is 32.2. The van der Waals surface area contributed by atoms with Crippen molar-refractivity contribution in [2.75, 3.05) is 44.3 Å². The molecule has 188 valence electrons. The zero-order valence-corrected chi connectivity index (χ0v) is 21.2. The van der Waals surface area contributed by atoms with Gasteiger partial charge in [-0.3, -0.25) is 9.52 Å². The van der Waals surface area contributed by atoms with Crippen molar-refractivity contribution in [3.05, 3.63) is 23.8 Å². The summed E-state index contributed by atoms with van der Waals surface area (Å²) in [5.74, 6) is 0.0661. The Labute approximate surface area is 197 Å². The molecule has 1 aliphatic heterocycles. The Morgan fingerprint density at radius 3 is 2.64 bits per heavy atom. The zero-order valence-electron chi connectivity index (χ0n) is 20.3. The minimum absolute atomic E-state index is 0.000963. The number of aliphatic hydroxyl groups is 1. The number of carbonyl (C=O) groups excluding carboxylic acids is 1. The van der Waals surface area contributed by atoms with Gasteiger partial charge in [-0.25, -0.2) is 8.42 Å². The summed E-state index contributed by atoms with van der Waals surface area (Å²) in [5, 5.41) is 13.0. The van der Waals surface area contributed by atoms with E-state index in [2.05, 4.69) is 10.0 Å². The van der Waals surface area contributed by atoms with Crippen molar-refractivity contribution in [2.24, 2.45) is 5.92 Å². The fourth-order valence-corrected chi connectivity index (χ4v) is 4.45. The molecular weight excluding hydrogens is 446 g/mol. The van der Waals surface area contributed by atoms with E-state index in [0.29, 0.717) is 25.4 Å². The number of amides is 1. The Morgan fingerprint density at radius 2 is 2.00 bits per heavy atom. The van der Waals surface area contributed by atoms with Crippen molar-refractivity contribution in [1.82, 2.24) is 10.2 Å². The summed E-state index contributed by atoms with van der Waals surface area (Å²) < 4.78 is 38.2. The van der Waals surface area contributed by atoms with E-state index in [-0.39, 0.29) is 41.9 Å². The van der Waals surface area contributed by atoms with Gasteiger partial charge in [0, 0.05) is 31.3 Å². The maximum atomic E-state index is 13.7. The Kier molecular flexibility index (Phi) is 10.4. The van der Waals surface area contributed by atoms with Crippen LogP contribution in [0.2, 0.25) is 0 Å². The summed E-state index contributed by atoms with van der Waals surface area (Å²) in [5.41, 5.74) is 0.536. The molecule has 0 bridgehead atoms. The molecule has 1 heterocycles. The van der Waals surface area contributed by atoms with Gasteiger partial charge in [0.05, 0.1) is 36.7 Å². The van der Waals surface area contributed by atoms with Gasteiger partial charge in [0.1, 0.15) is 5.75 Å². The molecule has 0 radical (unpaired) electrons. The van der Waals surface area contributed by atoms with Crippen LogP contribution in [0.25, 0.3) is 0 Å². The van der Waals surface area contributed by atoms with Gasteiger partial charge in [-0.2, -0.15) is 0 Å². The second-order valence-electron chi connectivity index (χ2n) is 8.94. The largest absolute Gasteiger partial charge is 0.490 e. The summed E-state index contributed by atoms with van der Waals surface area (Å²) in [4.78, 5) is 15.4. The topological polar surface area (TPSA) is 117 Å². The van der Waals surface area contributed by atoms with Gasteiger partial charge in [-0.1, -0.05) is 6.92 Å². The molecule has 0 aromatic heterocycles. The quantitative estimate of drug-likeness (QED) is 0.565. The first kappa shape index (κ1) is 27.4. The highest BCUT2D eigenvalue weighted by Crippen LogP contribution is 2.28. The van der Waals surface area contributed by atoms with Crippen molar-refractivity contribution in [3.63, 3.8) is 0 Å². The van der Waals surface area contributed by atoms with Crippen LogP contribution in [0.5, 0.6) is 5.75 Å². The first-order valence-corrected chi connectivity index (χ1v) is 13.4. The minimum Gasteiger partial charge on any atom is -0.490 e. The van der Waals surface area contributed by atoms with Crippen LogP contribution in [0.3, 0.4) is 0 Å². The second kappa shape index (κ2) is 12.5. The van der Waals surface area contributed by atoms with E-state index in [0.717, 1.165) is 25.5 Å². The molecule has 1 aliphatic rings. The van der Waals surface area contributed by atoms with Crippen LogP contribution in [-0.2, 0) is 14.8 Å². The highest BCUT2D eigenvalue weighted by Gasteiger charge is 2.29. The standard InChI is InChI=1S/C23H39N3O6S/c1-16-14-26(17(2)15-27)23(28)20-12-19(25-33(5,29)30)9-10-21(20)32-18(3)8-6-7-11-31-22(16)13-24-4/h9-10,12,16-18,22,24-25,27H,6-8,11,13-15H2,1-5H3/t16-,17-,18-,22+/m1/s1. The van der Waals surface area contributed by atoms with E-state index in [9.17, 15) is 18.3 Å². The molecule has 0 aliphatic carbocycles. The molecule has 1 aromatic carbocycles. The number of fused-ring (bicyclic) bond motifs is 1. The number of hydrogen-bond acceptors (Lipinski definition) is 7. The van der Waals surface area contributed by atoms with Crippen molar-refractivity contribution in [1.29, 1.82) is 0 Å². The number of likely N-dealkylation sites (N-methyl/N-ethyl adjacent to an activating group) is 1. The Morgan fingerprint density at radius 1 is 1.27 bits per heavy atom. The monoisotopic (exact) mass is 485 g/mol. The molecule has 9 nitrogen and oxygen atoms in total. The number of rotatable bonds is 6. The van der Waals surface area contributed by atoms with Gasteiger partial charge in [0.15, 0.2) is 0 Å². The maximum absolute atomic E-state index is 13.7. The first-order valence-electron chi connectivity index (χ1n) is 11.5. The summed E-state index contributed by atoms with van der Waals surface area (Å²) in [6.07, 6.45) is 3.45. The van der Waals surface area contributed by atoms with Gasteiger partial charge in [-0.05, 0) is 58.4 Å².